The molecule has 6 heteroatoms. The Morgan fingerprint density at radius 2 is 2.05 bits per heavy atom. The fourth-order valence-electron chi connectivity index (χ4n) is 2.13. The summed E-state index contributed by atoms with van der Waals surface area (Å²) >= 11 is 11.9. The Hall–Kier alpha value is -1.52. The Labute approximate surface area is 120 Å². The summed E-state index contributed by atoms with van der Waals surface area (Å²) in [6.45, 7) is 0.665. The van der Waals surface area contributed by atoms with Crippen molar-refractivity contribution in [2.24, 2.45) is 0 Å². The van der Waals surface area contributed by atoms with Gasteiger partial charge in [-0.1, -0.05) is 41.4 Å². The van der Waals surface area contributed by atoms with Crippen LogP contribution in [0.25, 0.3) is 0 Å². The number of anilines is 1. The first-order valence-corrected chi connectivity index (χ1v) is 6.66. The molecule has 1 unspecified atom stereocenters. The number of hydrogen-bond donors (Lipinski definition) is 1. The monoisotopic (exact) mass is 295 g/mol. The molecule has 3 rings (SSSR count). The largest absolute Gasteiger partial charge is 0.493 e. The molecule has 1 N–H and O–H groups in total. The highest BCUT2D eigenvalue weighted by atomic mass is 35.5. The second kappa shape index (κ2) is 5.23. The summed E-state index contributed by atoms with van der Waals surface area (Å²) in [5.41, 5.74) is 1.79. The van der Waals surface area contributed by atoms with E-state index in [-0.39, 0.29) is 6.04 Å². The Morgan fingerprint density at radius 3 is 2.95 bits per heavy atom. The normalized spacial score (nSPS) is 17.5. The van der Waals surface area contributed by atoms with Gasteiger partial charge in [-0.15, -0.1) is 10.2 Å². The summed E-state index contributed by atoms with van der Waals surface area (Å²) in [5.74, 6) is 0.899. The van der Waals surface area contributed by atoms with Crippen LogP contribution in [0, 0.1) is 0 Å². The fraction of sp³-hybridized carbons (Fsp3) is 0.231. The third kappa shape index (κ3) is 2.60. The maximum Gasteiger partial charge on any atom is 0.174 e. The summed E-state index contributed by atoms with van der Waals surface area (Å²) in [4.78, 5) is 0. The molecule has 2 aromatic rings. The van der Waals surface area contributed by atoms with Crippen molar-refractivity contribution < 1.29 is 4.74 Å². The number of rotatable bonds is 2. The van der Waals surface area contributed by atoms with Gasteiger partial charge in [0.2, 0.25) is 0 Å². The van der Waals surface area contributed by atoms with E-state index in [0.717, 1.165) is 17.7 Å². The second-order valence-electron chi connectivity index (χ2n) is 4.24. The van der Waals surface area contributed by atoms with Crippen molar-refractivity contribution in [2.45, 2.75) is 12.5 Å². The number of halogens is 2. The quantitative estimate of drug-likeness (QED) is 0.917. The molecule has 19 heavy (non-hydrogen) atoms. The van der Waals surface area contributed by atoms with Crippen molar-refractivity contribution in [3.8, 4) is 5.75 Å². The molecule has 1 atom stereocenters. The van der Waals surface area contributed by atoms with Crippen LogP contribution in [-0.4, -0.2) is 16.8 Å². The summed E-state index contributed by atoms with van der Waals surface area (Å²) in [5, 5.41) is 11.5. The van der Waals surface area contributed by atoms with Crippen molar-refractivity contribution in [3.63, 3.8) is 0 Å². The van der Waals surface area contributed by atoms with Gasteiger partial charge in [-0.25, -0.2) is 0 Å². The molecule has 0 saturated carbocycles. The highest BCUT2D eigenvalue weighted by Crippen LogP contribution is 2.35. The molecule has 2 heterocycles. The number of para-hydroxylation sites is 1. The molecule has 1 aliphatic heterocycles. The Kier molecular flexibility index (Phi) is 3.44. The van der Waals surface area contributed by atoms with Crippen LogP contribution in [0.5, 0.6) is 5.75 Å². The lowest BCUT2D eigenvalue weighted by Gasteiger charge is -2.27. The molecule has 1 aromatic heterocycles. The Bertz CT molecular complexity index is 606. The number of ether oxygens (including phenoxy) is 1. The van der Waals surface area contributed by atoms with E-state index < -0.39 is 0 Å². The van der Waals surface area contributed by atoms with Gasteiger partial charge in [-0.3, -0.25) is 0 Å². The molecule has 0 aliphatic carbocycles. The predicted octanol–water partition coefficient (Wildman–Crippen LogP) is 3.72. The van der Waals surface area contributed by atoms with E-state index >= 15 is 0 Å². The van der Waals surface area contributed by atoms with Crippen molar-refractivity contribution in [1.82, 2.24) is 10.2 Å². The van der Waals surface area contributed by atoms with Crippen molar-refractivity contribution in [2.75, 3.05) is 11.9 Å². The highest BCUT2D eigenvalue weighted by Gasteiger charge is 2.21. The lowest BCUT2D eigenvalue weighted by Crippen LogP contribution is -2.20. The number of aromatic nitrogens is 2. The number of fused-ring (bicyclic) bond motifs is 1. The van der Waals surface area contributed by atoms with Gasteiger partial charge in [-0.2, -0.15) is 0 Å². The summed E-state index contributed by atoms with van der Waals surface area (Å²) < 4.78 is 5.62. The van der Waals surface area contributed by atoms with Crippen LogP contribution in [0.1, 0.15) is 18.0 Å². The third-order valence-corrected chi connectivity index (χ3v) is 3.47. The molecular formula is C13H11Cl2N3O. The van der Waals surface area contributed by atoms with E-state index in [1.54, 1.807) is 6.07 Å². The molecule has 0 saturated heterocycles. The first-order chi connectivity index (χ1) is 9.24. The van der Waals surface area contributed by atoms with Gasteiger partial charge in [0.25, 0.3) is 0 Å². The zero-order valence-corrected chi connectivity index (χ0v) is 11.4. The summed E-state index contributed by atoms with van der Waals surface area (Å²) in [7, 11) is 0. The van der Waals surface area contributed by atoms with E-state index in [1.165, 1.54) is 0 Å². The molecule has 98 valence electrons. The molecule has 0 radical (unpaired) electrons. The zero-order valence-electron chi connectivity index (χ0n) is 9.94. The second-order valence-corrected chi connectivity index (χ2v) is 4.99. The van der Waals surface area contributed by atoms with E-state index in [1.807, 2.05) is 24.3 Å². The molecule has 0 spiro atoms. The zero-order chi connectivity index (χ0) is 13.2. The minimum Gasteiger partial charge on any atom is -0.493 e. The number of benzene rings is 1. The number of hydrogen-bond acceptors (Lipinski definition) is 4. The Balaban J connectivity index is 1.90. The van der Waals surface area contributed by atoms with E-state index in [4.69, 9.17) is 27.9 Å². The standard InChI is InChI=1S/C13H11Cl2N3O/c14-12-7-10(13(15)18-17-12)16-9-5-6-19-11-4-2-1-3-8(9)11/h1-4,7,9H,5-6H2,(H,16,17). The fourth-order valence-corrected chi connectivity index (χ4v) is 2.43. The molecule has 1 aliphatic rings. The molecule has 0 fully saturated rings. The van der Waals surface area contributed by atoms with Crippen LogP contribution in [0.15, 0.2) is 30.3 Å². The summed E-state index contributed by atoms with van der Waals surface area (Å²) in [6.07, 6.45) is 0.854. The number of nitrogens with zero attached hydrogens (tertiary/aromatic N) is 2. The van der Waals surface area contributed by atoms with Gasteiger partial charge >= 0.3 is 0 Å². The lowest BCUT2D eigenvalue weighted by molar-refractivity contribution is 0.274. The van der Waals surface area contributed by atoms with Crippen LogP contribution >= 0.6 is 23.2 Å². The van der Waals surface area contributed by atoms with Gasteiger partial charge in [0.15, 0.2) is 10.3 Å². The lowest BCUT2D eigenvalue weighted by atomic mass is 10.0. The SMILES string of the molecule is Clc1cc(NC2CCOc3ccccc32)c(Cl)nn1. The van der Waals surface area contributed by atoms with Crippen molar-refractivity contribution >= 4 is 28.9 Å². The predicted molar refractivity (Wildman–Crippen MR) is 75.0 cm³/mol. The van der Waals surface area contributed by atoms with Gasteiger partial charge in [0.1, 0.15) is 5.75 Å². The highest BCUT2D eigenvalue weighted by molar-refractivity contribution is 6.33. The maximum absolute atomic E-state index is 6.02. The Morgan fingerprint density at radius 1 is 1.21 bits per heavy atom. The average Bonchev–Trinajstić information content (AvgIpc) is 2.43. The van der Waals surface area contributed by atoms with Crippen LogP contribution < -0.4 is 10.1 Å². The van der Waals surface area contributed by atoms with Crippen LogP contribution in [0.3, 0.4) is 0 Å². The maximum atomic E-state index is 6.02. The first-order valence-electron chi connectivity index (χ1n) is 5.91. The minimum atomic E-state index is 0.128. The van der Waals surface area contributed by atoms with Crippen LogP contribution in [0.4, 0.5) is 5.69 Å². The van der Waals surface area contributed by atoms with E-state index in [9.17, 15) is 0 Å². The van der Waals surface area contributed by atoms with Gasteiger partial charge < -0.3 is 10.1 Å². The average molecular weight is 296 g/mol. The van der Waals surface area contributed by atoms with Gasteiger partial charge in [0.05, 0.1) is 18.3 Å². The molecule has 4 nitrogen and oxygen atoms in total. The topological polar surface area (TPSA) is 47.0 Å². The molecule has 0 bridgehead atoms. The van der Waals surface area contributed by atoms with E-state index in [2.05, 4.69) is 15.5 Å². The van der Waals surface area contributed by atoms with E-state index in [0.29, 0.717) is 22.6 Å². The van der Waals surface area contributed by atoms with Gasteiger partial charge in [0, 0.05) is 18.1 Å². The summed E-state index contributed by atoms with van der Waals surface area (Å²) in [6, 6.07) is 9.75. The third-order valence-electron chi connectivity index (χ3n) is 3.01. The van der Waals surface area contributed by atoms with Crippen molar-refractivity contribution in [1.29, 1.82) is 0 Å². The van der Waals surface area contributed by atoms with Crippen LogP contribution in [0.2, 0.25) is 10.3 Å². The molecular weight excluding hydrogens is 285 g/mol. The van der Waals surface area contributed by atoms with Crippen molar-refractivity contribution in [3.05, 3.63) is 46.2 Å². The minimum absolute atomic E-state index is 0.128. The first kappa shape index (κ1) is 12.5. The smallest absolute Gasteiger partial charge is 0.174 e. The van der Waals surface area contributed by atoms with Crippen LogP contribution in [-0.2, 0) is 0 Å². The number of nitrogens with one attached hydrogen (secondary N) is 1. The van der Waals surface area contributed by atoms with Gasteiger partial charge in [-0.05, 0) is 6.07 Å². The molecule has 1 aromatic carbocycles. The molecule has 0 amide bonds.